The molecule has 0 bridgehead atoms. The van der Waals surface area contributed by atoms with Crippen molar-refractivity contribution in [3.05, 3.63) is 102 Å². The van der Waals surface area contributed by atoms with Crippen LogP contribution in [0, 0.1) is 0 Å². The number of amides is 2. The van der Waals surface area contributed by atoms with Gasteiger partial charge in [0.25, 0.3) is 5.91 Å². The summed E-state index contributed by atoms with van der Waals surface area (Å²) in [5.74, 6) is 0.0205. The molecule has 0 fully saturated rings. The molecular weight excluding hydrogens is 376 g/mol. The van der Waals surface area contributed by atoms with E-state index in [1.807, 2.05) is 48.5 Å². The predicted octanol–water partition coefficient (Wildman–Crippen LogP) is 4.42. The third-order valence-electron chi connectivity index (χ3n) is 4.28. The Hall–Kier alpha value is -3.86. The van der Waals surface area contributed by atoms with Gasteiger partial charge in [-0.2, -0.15) is 0 Å². The van der Waals surface area contributed by atoms with Crippen LogP contribution in [0.25, 0.3) is 6.08 Å². The maximum absolute atomic E-state index is 12.6. The Morgan fingerprint density at radius 1 is 0.867 bits per heavy atom. The maximum atomic E-state index is 12.6. The third-order valence-corrected chi connectivity index (χ3v) is 4.28. The minimum absolute atomic E-state index is 0.178. The monoisotopic (exact) mass is 400 g/mol. The Labute approximate surface area is 176 Å². The molecule has 2 amide bonds. The molecule has 2 N–H and O–H groups in total. The molecule has 152 valence electrons. The lowest BCUT2D eigenvalue weighted by molar-refractivity contribution is -0.120. The molecule has 0 aromatic heterocycles. The van der Waals surface area contributed by atoms with Gasteiger partial charge in [-0.1, -0.05) is 60.7 Å². The Bertz CT molecular complexity index is 998. The van der Waals surface area contributed by atoms with Crippen LogP contribution in [-0.4, -0.2) is 18.4 Å². The van der Waals surface area contributed by atoms with E-state index in [0.717, 1.165) is 17.7 Å². The van der Waals surface area contributed by atoms with E-state index in [4.69, 9.17) is 4.74 Å². The van der Waals surface area contributed by atoms with Gasteiger partial charge in [0, 0.05) is 19.0 Å². The van der Waals surface area contributed by atoms with Gasteiger partial charge in [0.2, 0.25) is 5.91 Å². The number of ether oxygens (including phenoxy) is 1. The first-order valence-corrected chi connectivity index (χ1v) is 9.72. The Morgan fingerprint density at radius 3 is 2.13 bits per heavy atom. The van der Waals surface area contributed by atoms with Gasteiger partial charge in [0.1, 0.15) is 11.4 Å². The van der Waals surface area contributed by atoms with E-state index in [9.17, 15) is 9.59 Å². The first kappa shape index (κ1) is 20.9. The van der Waals surface area contributed by atoms with Crippen molar-refractivity contribution in [2.75, 3.05) is 11.9 Å². The van der Waals surface area contributed by atoms with Crippen molar-refractivity contribution in [3.8, 4) is 5.75 Å². The summed E-state index contributed by atoms with van der Waals surface area (Å²) in [5, 5.41) is 5.39. The van der Waals surface area contributed by atoms with Crippen molar-refractivity contribution >= 4 is 23.6 Å². The Morgan fingerprint density at radius 2 is 1.50 bits per heavy atom. The zero-order valence-electron chi connectivity index (χ0n) is 16.8. The lowest BCUT2D eigenvalue weighted by atomic mass is 10.2. The van der Waals surface area contributed by atoms with Gasteiger partial charge in [-0.05, 0) is 41.5 Å². The smallest absolute Gasteiger partial charge is 0.272 e. The predicted molar refractivity (Wildman–Crippen MR) is 119 cm³/mol. The molecule has 0 unspecified atom stereocenters. The molecule has 0 spiro atoms. The number of benzene rings is 3. The molecule has 30 heavy (non-hydrogen) atoms. The van der Waals surface area contributed by atoms with E-state index in [1.54, 1.807) is 30.3 Å². The first-order chi connectivity index (χ1) is 14.6. The van der Waals surface area contributed by atoms with Gasteiger partial charge < -0.3 is 15.4 Å². The molecule has 0 aliphatic rings. The Kier molecular flexibility index (Phi) is 7.39. The highest BCUT2D eigenvalue weighted by atomic mass is 16.5. The lowest BCUT2D eigenvalue weighted by Gasteiger charge is -2.11. The summed E-state index contributed by atoms with van der Waals surface area (Å²) >= 11 is 0. The highest BCUT2D eigenvalue weighted by molar-refractivity contribution is 6.08. The maximum Gasteiger partial charge on any atom is 0.272 e. The van der Waals surface area contributed by atoms with Gasteiger partial charge in [-0.25, -0.2) is 0 Å². The van der Waals surface area contributed by atoms with Crippen LogP contribution in [0.3, 0.4) is 0 Å². The summed E-state index contributed by atoms with van der Waals surface area (Å²) in [4.78, 5) is 24.1. The summed E-state index contributed by atoms with van der Waals surface area (Å²) in [5.41, 5.74) is 2.83. The highest BCUT2D eigenvalue weighted by Crippen LogP contribution is 2.17. The van der Waals surface area contributed by atoms with E-state index in [-0.39, 0.29) is 11.6 Å². The second-order valence-electron chi connectivity index (χ2n) is 6.71. The lowest BCUT2D eigenvalue weighted by Crippen LogP contribution is -2.28. The number of hydrogen-bond acceptors (Lipinski definition) is 3. The molecule has 3 aromatic rings. The van der Waals surface area contributed by atoms with Crippen LogP contribution in [0.15, 0.2) is 90.6 Å². The fourth-order valence-corrected chi connectivity index (χ4v) is 2.83. The number of nitrogens with one attached hydrogen (secondary N) is 2. The summed E-state index contributed by atoms with van der Waals surface area (Å²) < 4.78 is 5.77. The van der Waals surface area contributed by atoms with Crippen molar-refractivity contribution in [2.45, 2.75) is 13.3 Å². The molecule has 0 saturated carbocycles. The number of anilines is 1. The molecule has 0 heterocycles. The quantitative estimate of drug-likeness (QED) is 0.550. The highest BCUT2D eigenvalue weighted by Gasteiger charge is 2.12. The van der Waals surface area contributed by atoms with Gasteiger partial charge >= 0.3 is 0 Å². The van der Waals surface area contributed by atoms with Crippen LogP contribution in [-0.2, 0) is 16.0 Å². The van der Waals surface area contributed by atoms with Gasteiger partial charge in [-0.3, -0.25) is 9.59 Å². The van der Waals surface area contributed by atoms with E-state index in [2.05, 4.69) is 22.8 Å². The first-order valence-electron chi connectivity index (χ1n) is 9.72. The third kappa shape index (κ3) is 6.63. The average molecular weight is 400 g/mol. The molecule has 0 radical (unpaired) electrons. The number of hydrogen-bond donors (Lipinski definition) is 2. The number of carbonyl (C=O) groups excluding carboxylic acids is 2. The van der Waals surface area contributed by atoms with Crippen LogP contribution in [0.1, 0.15) is 18.1 Å². The fraction of sp³-hybridized carbons (Fsp3) is 0.120. The van der Waals surface area contributed by atoms with E-state index in [0.29, 0.717) is 12.3 Å². The minimum Gasteiger partial charge on any atom is -0.493 e. The van der Waals surface area contributed by atoms with E-state index < -0.39 is 5.91 Å². The van der Waals surface area contributed by atoms with Crippen molar-refractivity contribution < 1.29 is 14.3 Å². The van der Waals surface area contributed by atoms with Gasteiger partial charge in [0.15, 0.2) is 0 Å². The Balaban J connectivity index is 1.59. The van der Waals surface area contributed by atoms with Crippen LogP contribution >= 0.6 is 0 Å². The van der Waals surface area contributed by atoms with Gasteiger partial charge in [0.05, 0.1) is 6.61 Å². The summed E-state index contributed by atoms with van der Waals surface area (Å²) in [6.45, 7) is 1.94. The zero-order valence-corrected chi connectivity index (χ0v) is 16.8. The van der Waals surface area contributed by atoms with Crippen LogP contribution < -0.4 is 15.4 Å². The SMILES string of the molecule is CC(=O)N/C(=C\c1ccccc1)C(=O)Nc1ccc(OCCc2ccccc2)cc1. The second kappa shape index (κ2) is 10.6. The summed E-state index contributed by atoms with van der Waals surface area (Å²) in [7, 11) is 0. The zero-order chi connectivity index (χ0) is 21.2. The average Bonchev–Trinajstić information content (AvgIpc) is 2.76. The van der Waals surface area contributed by atoms with Crippen LogP contribution in [0.5, 0.6) is 5.75 Å². The number of rotatable bonds is 8. The molecule has 5 nitrogen and oxygen atoms in total. The fourth-order valence-electron chi connectivity index (χ4n) is 2.83. The molecule has 0 aliphatic heterocycles. The molecule has 5 heteroatoms. The molecule has 3 aromatic carbocycles. The minimum atomic E-state index is -0.396. The van der Waals surface area contributed by atoms with Crippen LogP contribution in [0.2, 0.25) is 0 Å². The standard InChI is InChI=1S/C25H24N2O3/c1-19(28)26-24(18-21-10-6-3-7-11-21)25(29)27-22-12-14-23(15-13-22)30-17-16-20-8-4-2-5-9-20/h2-15,18H,16-17H2,1H3,(H,26,28)(H,27,29)/b24-18-. The molecule has 0 atom stereocenters. The molecule has 0 saturated heterocycles. The molecule has 3 rings (SSSR count). The second-order valence-corrected chi connectivity index (χ2v) is 6.71. The molecule has 0 aliphatic carbocycles. The van der Waals surface area contributed by atoms with E-state index >= 15 is 0 Å². The van der Waals surface area contributed by atoms with Crippen molar-refractivity contribution in [1.29, 1.82) is 0 Å². The normalized spacial score (nSPS) is 10.9. The molecular formula is C25H24N2O3. The van der Waals surface area contributed by atoms with Crippen molar-refractivity contribution in [3.63, 3.8) is 0 Å². The van der Waals surface area contributed by atoms with E-state index in [1.165, 1.54) is 12.5 Å². The summed E-state index contributed by atoms with van der Waals surface area (Å²) in [6, 6.07) is 26.6. The van der Waals surface area contributed by atoms with Crippen molar-refractivity contribution in [2.24, 2.45) is 0 Å². The summed E-state index contributed by atoms with van der Waals surface area (Å²) in [6.07, 6.45) is 2.46. The number of carbonyl (C=O) groups is 2. The van der Waals surface area contributed by atoms with Crippen molar-refractivity contribution in [1.82, 2.24) is 5.32 Å². The van der Waals surface area contributed by atoms with Crippen LogP contribution in [0.4, 0.5) is 5.69 Å². The van der Waals surface area contributed by atoms with Gasteiger partial charge in [-0.15, -0.1) is 0 Å². The topological polar surface area (TPSA) is 67.4 Å². The largest absolute Gasteiger partial charge is 0.493 e.